The van der Waals surface area contributed by atoms with E-state index in [1.165, 1.54) is 5.57 Å². The van der Waals surface area contributed by atoms with Crippen LogP contribution in [-0.2, 0) is 14.3 Å². The molecular weight excluding hydrogens is 628 g/mol. The molecule has 3 saturated carbocycles. The fourth-order valence-electron chi connectivity index (χ4n) is 12.8. The molecule has 12 atom stereocenters. The fourth-order valence-corrected chi connectivity index (χ4v) is 12.8. The number of nitrogens with two attached hydrogens (primary N) is 1. The van der Waals surface area contributed by atoms with Crippen molar-refractivity contribution in [3.05, 3.63) is 11.6 Å². The van der Waals surface area contributed by atoms with E-state index in [0.717, 1.165) is 45.1 Å². The van der Waals surface area contributed by atoms with Gasteiger partial charge in [0.25, 0.3) is 5.95 Å². The summed E-state index contributed by atoms with van der Waals surface area (Å²) in [6.45, 7) is 28.1. The van der Waals surface area contributed by atoms with E-state index in [2.05, 4.69) is 110 Å². The number of rotatable bonds is 10. The minimum Gasteiger partial charge on any atom is -0.481 e. The molecule has 2 bridgehead atoms. The summed E-state index contributed by atoms with van der Waals surface area (Å²) in [4.78, 5) is 17.6. The summed E-state index contributed by atoms with van der Waals surface area (Å²) in [7, 11) is 2.19. The number of aliphatic carboxylic acids is 1. The highest BCUT2D eigenvalue weighted by atomic mass is 16.5. The first-order chi connectivity index (χ1) is 23.3. The van der Waals surface area contributed by atoms with E-state index in [0.29, 0.717) is 49.4 Å². The first kappa shape index (κ1) is 37.7. The molecule has 6 rings (SSSR count). The zero-order chi connectivity index (χ0) is 36.8. The number of aromatic nitrogens is 4. The molecule has 0 radical (unpaired) electrons. The normalized spacial score (nSPS) is 43.1. The third-order valence-corrected chi connectivity index (χ3v) is 17.0. The Labute approximate surface area is 301 Å². The van der Waals surface area contributed by atoms with Crippen molar-refractivity contribution in [3.8, 4) is 0 Å². The van der Waals surface area contributed by atoms with E-state index in [-0.39, 0.29) is 50.7 Å². The molecule has 1 aliphatic heterocycles. The Morgan fingerprint density at radius 3 is 2.42 bits per heavy atom. The lowest BCUT2D eigenvalue weighted by Gasteiger charge is -2.71. The van der Waals surface area contributed by atoms with Crippen LogP contribution in [0, 0.1) is 62.6 Å². The third kappa shape index (κ3) is 5.10. The minimum atomic E-state index is -0.625. The van der Waals surface area contributed by atoms with Crippen molar-refractivity contribution in [2.24, 2.45) is 62.6 Å². The van der Waals surface area contributed by atoms with E-state index < -0.39 is 11.9 Å². The second-order valence-corrected chi connectivity index (χ2v) is 19.3. The average Bonchev–Trinajstić information content (AvgIpc) is 3.49. The smallest absolute Gasteiger partial charge is 0.307 e. The number of allylic oxidation sites excluding steroid dienone is 1. The molecule has 50 heavy (non-hydrogen) atoms. The summed E-state index contributed by atoms with van der Waals surface area (Å²) in [5.74, 6) is 0.908. The second kappa shape index (κ2) is 12.5. The number of anilines is 1. The molecule has 4 fully saturated rings. The number of carboxylic acid groups (broad SMARTS) is 1. The van der Waals surface area contributed by atoms with Gasteiger partial charge in [-0.1, -0.05) is 86.0 Å². The maximum atomic E-state index is 13.5. The van der Waals surface area contributed by atoms with Crippen molar-refractivity contribution in [2.75, 3.05) is 39.1 Å². The molecule has 1 aromatic heterocycles. The predicted molar refractivity (Wildman–Crippen MR) is 196 cm³/mol. The molecule has 282 valence electrons. The maximum Gasteiger partial charge on any atom is 0.307 e. The summed E-state index contributed by atoms with van der Waals surface area (Å²) in [6.07, 6.45) is 7.98. The van der Waals surface area contributed by atoms with Gasteiger partial charge in [-0.3, -0.25) is 9.69 Å². The van der Waals surface area contributed by atoms with Crippen LogP contribution >= 0.6 is 0 Å². The van der Waals surface area contributed by atoms with Crippen molar-refractivity contribution in [1.29, 1.82) is 0 Å². The van der Waals surface area contributed by atoms with Crippen molar-refractivity contribution in [3.63, 3.8) is 0 Å². The summed E-state index contributed by atoms with van der Waals surface area (Å²) in [5, 5.41) is 24.4. The van der Waals surface area contributed by atoms with Crippen molar-refractivity contribution < 1.29 is 19.4 Å². The van der Waals surface area contributed by atoms with E-state index in [4.69, 9.17) is 15.2 Å². The molecule has 4 aliphatic carbocycles. The SMILES string of the molecule is CCN(C)[C@](C)(COC1[C@H](n2nnc(N)n2)C[C@@]23COC[C@]1(C)[C@@H]2CC[C@H]1C3=CC[C@@]2(C)[C@H](C(=O)O)[C@@](C)([C@H](C)C(C)C)CC[C@]12C)C(C)C. The van der Waals surface area contributed by atoms with Crippen molar-refractivity contribution in [1.82, 2.24) is 25.1 Å². The fraction of sp³-hybridized carbons (Fsp3) is 0.900. The number of likely N-dealkylation sites (N-methyl/N-ethyl adjacent to an activating group) is 1. The molecule has 1 unspecified atom stereocenters. The molecule has 1 saturated heterocycles. The molecule has 2 heterocycles. The van der Waals surface area contributed by atoms with Gasteiger partial charge in [-0.05, 0) is 110 Å². The van der Waals surface area contributed by atoms with E-state index >= 15 is 0 Å². The molecule has 10 nitrogen and oxygen atoms in total. The van der Waals surface area contributed by atoms with Gasteiger partial charge in [-0.15, -0.1) is 5.10 Å². The Morgan fingerprint density at radius 1 is 1.14 bits per heavy atom. The van der Waals surface area contributed by atoms with Crippen molar-refractivity contribution >= 4 is 11.9 Å². The van der Waals surface area contributed by atoms with Crippen LogP contribution in [0.25, 0.3) is 0 Å². The van der Waals surface area contributed by atoms with Gasteiger partial charge in [0.05, 0.1) is 31.8 Å². The third-order valence-electron chi connectivity index (χ3n) is 17.0. The zero-order valence-corrected chi connectivity index (χ0v) is 33.3. The summed E-state index contributed by atoms with van der Waals surface area (Å²) < 4.78 is 14.0. The highest BCUT2D eigenvalue weighted by Crippen LogP contribution is 2.75. The minimum absolute atomic E-state index is 0.146. The molecule has 0 spiro atoms. The van der Waals surface area contributed by atoms with Crippen LogP contribution in [0.4, 0.5) is 5.95 Å². The molecule has 1 aromatic rings. The molecule has 0 aromatic carbocycles. The van der Waals surface area contributed by atoms with Crippen LogP contribution < -0.4 is 5.73 Å². The van der Waals surface area contributed by atoms with Crippen LogP contribution in [0.3, 0.4) is 0 Å². The number of nitrogens with zero attached hydrogens (tertiary/aromatic N) is 5. The first-order valence-electron chi connectivity index (χ1n) is 19.7. The van der Waals surface area contributed by atoms with Gasteiger partial charge in [0.1, 0.15) is 6.04 Å². The first-order valence-corrected chi connectivity index (χ1v) is 19.7. The van der Waals surface area contributed by atoms with Crippen LogP contribution in [0.15, 0.2) is 11.6 Å². The zero-order valence-electron chi connectivity index (χ0n) is 33.3. The van der Waals surface area contributed by atoms with Crippen molar-refractivity contribution in [2.45, 2.75) is 132 Å². The van der Waals surface area contributed by atoms with Gasteiger partial charge < -0.3 is 20.3 Å². The number of carbonyl (C=O) groups is 1. The van der Waals surface area contributed by atoms with Crippen LogP contribution in [0.5, 0.6) is 0 Å². The monoisotopic (exact) mass is 697 g/mol. The maximum absolute atomic E-state index is 13.5. The second-order valence-electron chi connectivity index (χ2n) is 19.3. The van der Waals surface area contributed by atoms with E-state index in [9.17, 15) is 9.90 Å². The highest BCUT2D eigenvalue weighted by molar-refractivity contribution is 5.73. The Balaban J connectivity index is 1.44. The molecule has 3 N–H and O–H groups in total. The highest BCUT2D eigenvalue weighted by Gasteiger charge is 2.72. The van der Waals surface area contributed by atoms with Crippen LogP contribution in [-0.4, -0.2) is 81.2 Å². The molecular formula is C40H68N6O4. The van der Waals surface area contributed by atoms with Crippen LogP contribution in [0.1, 0.15) is 121 Å². The number of hydrogen-bond acceptors (Lipinski definition) is 8. The largest absolute Gasteiger partial charge is 0.481 e. The summed E-state index contributed by atoms with van der Waals surface area (Å²) in [5.41, 5.74) is 6.18. The van der Waals surface area contributed by atoms with E-state index in [1.807, 2.05) is 0 Å². The number of hydrogen-bond donors (Lipinski definition) is 2. The Kier molecular flexibility index (Phi) is 9.45. The van der Waals surface area contributed by atoms with Gasteiger partial charge in [-0.2, -0.15) is 4.80 Å². The molecule has 0 amide bonds. The molecule has 5 aliphatic rings. The standard InChI is InChI=1S/C40H68N6O4/c1-13-45(12)39(11,25(4)5)22-50-32-29(46-43-34(41)42-44-46)20-40-23-49-21-36(32,8)30(40)15-14-27-28(40)16-17-38(10)31(33(47)48)35(7,26(6)24(2)3)18-19-37(27,38)9/h16,24-27,29-32H,13-15,17-23H2,1-12H3,(H2,41,43)(H,47,48)/t26-,27+,29-,30+,31-,32?,35-,36-,37-,38+,39-,40+/m1/s1. The number of fused-ring (bicyclic) bond motifs is 3. The van der Waals surface area contributed by atoms with Gasteiger partial charge in [0.15, 0.2) is 0 Å². The summed E-state index contributed by atoms with van der Waals surface area (Å²) >= 11 is 0. The van der Waals surface area contributed by atoms with Crippen LogP contribution in [0.2, 0.25) is 0 Å². The topological polar surface area (TPSA) is 129 Å². The lowest BCUT2D eigenvalue weighted by atomic mass is 9.34. The molecule has 10 heteroatoms. The Morgan fingerprint density at radius 2 is 1.84 bits per heavy atom. The van der Waals surface area contributed by atoms with E-state index in [1.54, 1.807) is 4.80 Å². The lowest BCUT2D eigenvalue weighted by Crippen LogP contribution is -2.69. The quantitative estimate of drug-likeness (QED) is 0.245. The Hall–Kier alpha value is -2.04. The van der Waals surface area contributed by atoms with Gasteiger partial charge in [-0.25, -0.2) is 0 Å². The Bertz CT molecular complexity index is 1480. The lowest BCUT2D eigenvalue weighted by molar-refractivity contribution is -0.256. The van der Waals surface area contributed by atoms with Gasteiger partial charge in [0, 0.05) is 16.4 Å². The average molecular weight is 697 g/mol. The number of ether oxygens (including phenoxy) is 2. The van der Waals surface area contributed by atoms with Gasteiger partial charge in [0.2, 0.25) is 0 Å². The number of carboxylic acids is 1. The van der Waals surface area contributed by atoms with Gasteiger partial charge >= 0.3 is 5.97 Å². The number of nitrogen functional groups attached to an aromatic ring is 1. The number of tetrazole rings is 1. The predicted octanol–water partition coefficient (Wildman–Crippen LogP) is 7.14. The summed E-state index contributed by atoms with van der Waals surface area (Å²) in [6, 6.07) is -0.164.